The van der Waals surface area contributed by atoms with E-state index in [-0.39, 0.29) is 12.5 Å². The van der Waals surface area contributed by atoms with Gasteiger partial charge in [0.25, 0.3) is 0 Å². The first kappa shape index (κ1) is 20.6. The number of carbonyl (C=O) groups is 2. The van der Waals surface area contributed by atoms with Crippen LogP contribution in [0.2, 0.25) is 0 Å². The third kappa shape index (κ3) is 5.36. The first-order chi connectivity index (χ1) is 12.7. The summed E-state index contributed by atoms with van der Waals surface area (Å²) in [7, 11) is 0. The second-order valence-corrected chi connectivity index (χ2v) is 7.57. The molecule has 9 nitrogen and oxygen atoms in total. The highest BCUT2D eigenvalue weighted by Crippen LogP contribution is 2.27. The van der Waals surface area contributed by atoms with Crippen molar-refractivity contribution in [3.05, 3.63) is 35.2 Å². The van der Waals surface area contributed by atoms with Gasteiger partial charge in [0.1, 0.15) is 12.4 Å². The molecule has 1 aromatic heterocycles. The van der Waals surface area contributed by atoms with E-state index in [1.165, 1.54) is 4.68 Å². The predicted octanol–water partition coefficient (Wildman–Crippen LogP) is 1.50. The quantitative estimate of drug-likeness (QED) is 0.479. The van der Waals surface area contributed by atoms with Gasteiger partial charge in [0.05, 0.1) is 5.25 Å². The van der Waals surface area contributed by atoms with Gasteiger partial charge in [-0.1, -0.05) is 43.3 Å². The second kappa shape index (κ2) is 8.76. The number of primary amides is 1. The molecule has 146 valence electrons. The van der Waals surface area contributed by atoms with E-state index >= 15 is 0 Å². The average Bonchev–Trinajstić information content (AvgIpc) is 2.91. The fourth-order valence-electron chi connectivity index (χ4n) is 2.39. The molecule has 2 aromatic rings. The van der Waals surface area contributed by atoms with Crippen molar-refractivity contribution in [3.8, 4) is 5.75 Å². The van der Waals surface area contributed by atoms with Crippen molar-refractivity contribution in [1.29, 1.82) is 0 Å². The van der Waals surface area contributed by atoms with E-state index in [2.05, 4.69) is 15.5 Å². The van der Waals surface area contributed by atoms with E-state index in [1.54, 1.807) is 0 Å². The molecule has 3 amide bonds. The second-order valence-electron chi connectivity index (χ2n) is 6.46. The van der Waals surface area contributed by atoms with Crippen molar-refractivity contribution in [1.82, 2.24) is 20.2 Å². The maximum Gasteiger partial charge on any atom is 0.318 e. The van der Waals surface area contributed by atoms with Gasteiger partial charge in [-0.25, -0.2) is 9.47 Å². The predicted molar refractivity (Wildman–Crippen MR) is 103 cm³/mol. The number of carbonyl (C=O) groups excluding carboxylic acids is 2. The summed E-state index contributed by atoms with van der Waals surface area (Å²) >= 11 is 1.11. The van der Waals surface area contributed by atoms with Crippen LogP contribution in [0, 0.1) is 19.8 Å². The number of hydrogen-bond acceptors (Lipinski definition) is 7. The topological polar surface area (TPSA) is 138 Å². The van der Waals surface area contributed by atoms with Gasteiger partial charge in [-0.3, -0.25) is 10.1 Å². The molecule has 1 heterocycles. The van der Waals surface area contributed by atoms with E-state index < -0.39 is 17.2 Å². The van der Waals surface area contributed by atoms with Crippen molar-refractivity contribution in [3.63, 3.8) is 0 Å². The Labute approximate surface area is 161 Å². The van der Waals surface area contributed by atoms with E-state index in [4.69, 9.17) is 16.3 Å². The molecule has 0 spiro atoms. The van der Waals surface area contributed by atoms with Crippen LogP contribution in [0.15, 0.2) is 23.4 Å². The highest BCUT2D eigenvalue weighted by Gasteiger charge is 2.27. The molecule has 0 aliphatic heterocycles. The summed E-state index contributed by atoms with van der Waals surface area (Å²) in [6.45, 7) is 7.80. The van der Waals surface area contributed by atoms with Gasteiger partial charge in [0.15, 0.2) is 5.82 Å². The Bertz CT molecular complexity index is 836. The summed E-state index contributed by atoms with van der Waals surface area (Å²) in [5.74, 6) is 6.61. The molecule has 1 aromatic carbocycles. The third-order valence-corrected chi connectivity index (χ3v) is 5.27. The minimum absolute atomic E-state index is 0.0824. The Morgan fingerprint density at radius 3 is 2.59 bits per heavy atom. The van der Waals surface area contributed by atoms with E-state index in [0.29, 0.717) is 11.0 Å². The van der Waals surface area contributed by atoms with Crippen LogP contribution in [-0.2, 0) is 11.4 Å². The summed E-state index contributed by atoms with van der Waals surface area (Å²) in [5.41, 5.74) is 7.18. The smallest absolute Gasteiger partial charge is 0.318 e. The minimum Gasteiger partial charge on any atom is -0.485 e. The lowest BCUT2D eigenvalue weighted by atomic mass is 10.1. The van der Waals surface area contributed by atoms with E-state index in [9.17, 15) is 9.59 Å². The Balaban J connectivity index is 2.09. The van der Waals surface area contributed by atoms with Gasteiger partial charge in [0.2, 0.25) is 11.1 Å². The molecule has 0 saturated carbocycles. The van der Waals surface area contributed by atoms with Gasteiger partial charge >= 0.3 is 6.03 Å². The van der Waals surface area contributed by atoms with Crippen molar-refractivity contribution in [2.24, 2.45) is 11.7 Å². The molecule has 0 saturated heterocycles. The van der Waals surface area contributed by atoms with Gasteiger partial charge in [-0.15, -0.1) is 10.2 Å². The number of aromatic nitrogens is 3. The number of nitrogens with zero attached hydrogens (tertiary/aromatic N) is 3. The summed E-state index contributed by atoms with van der Waals surface area (Å²) in [6, 6.07) is 4.97. The first-order valence-electron chi connectivity index (χ1n) is 8.35. The Hall–Kier alpha value is -2.75. The summed E-state index contributed by atoms with van der Waals surface area (Å²) < 4.78 is 7.05. The maximum atomic E-state index is 12.1. The number of nitrogen functional groups attached to an aromatic ring is 1. The number of imide groups is 1. The highest BCUT2D eigenvalue weighted by atomic mass is 32.2. The number of amides is 3. The van der Waals surface area contributed by atoms with Crippen LogP contribution in [-0.4, -0.2) is 32.1 Å². The number of benzene rings is 1. The molecule has 1 atom stereocenters. The number of nitrogens with two attached hydrogens (primary N) is 2. The SMILES string of the molecule is Cc1ccc(OCc2nnc(S[C@H](C(=O)NC(N)=O)C(C)C)n2N)c(C)c1. The number of thioether (sulfide) groups is 1. The molecule has 0 fully saturated rings. The average molecular weight is 392 g/mol. The minimum atomic E-state index is -0.900. The van der Waals surface area contributed by atoms with Gasteiger partial charge in [-0.2, -0.15) is 0 Å². The number of rotatable bonds is 7. The van der Waals surface area contributed by atoms with Crippen LogP contribution in [0.5, 0.6) is 5.75 Å². The lowest BCUT2D eigenvalue weighted by molar-refractivity contribution is -0.120. The molecule has 5 N–H and O–H groups in total. The van der Waals surface area contributed by atoms with Crippen LogP contribution < -0.4 is 21.6 Å². The molecule has 0 aliphatic rings. The van der Waals surface area contributed by atoms with Crippen LogP contribution >= 0.6 is 11.8 Å². The zero-order valence-electron chi connectivity index (χ0n) is 15.7. The van der Waals surface area contributed by atoms with Gasteiger partial charge in [0, 0.05) is 0 Å². The van der Waals surface area contributed by atoms with Gasteiger partial charge in [-0.05, 0) is 31.4 Å². The highest BCUT2D eigenvalue weighted by molar-refractivity contribution is 8.00. The van der Waals surface area contributed by atoms with Crippen LogP contribution in [0.25, 0.3) is 0 Å². The van der Waals surface area contributed by atoms with Crippen molar-refractivity contribution in [2.45, 2.75) is 44.7 Å². The molecule has 10 heteroatoms. The van der Waals surface area contributed by atoms with Crippen molar-refractivity contribution in [2.75, 3.05) is 5.84 Å². The van der Waals surface area contributed by atoms with Crippen molar-refractivity contribution < 1.29 is 14.3 Å². The fourth-order valence-corrected chi connectivity index (χ4v) is 3.36. The molecular formula is C17H24N6O3S. The number of aryl methyl sites for hydroxylation is 2. The van der Waals surface area contributed by atoms with Crippen LogP contribution in [0.3, 0.4) is 0 Å². The van der Waals surface area contributed by atoms with Crippen LogP contribution in [0.4, 0.5) is 4.79 Å². The van der Waals surface area contributed by atoms with Crippen LogP contribution in [0.1, 0.15) is 30.8 Å². The Kier molecular flexibility index (Phi) is 6.67. The Morgan fingerprint density at radius 1 is 1.30 bits per heavy atom. The fraction of sp³-hybridized carbons (Fsp3) is 0.412. The number of hydrogen-bond donors (Lipinski definition) is 3. The number of ether oxygens (including phenoxy) is 1. The number of nitrogens with one attached hydrogen (secondary N) is 1. The van der Waals surface area contributed by atoms with Gasteiger partial charge < -0.3 is 16.3 Å². The molecule has 0 bridgehead atoms. The van der Waals surface area contributed by atoms with Crippen molar-refractivity contribution >= 4 is 23.7 Å². The molecule has 27 heavy (non-hydrogen) atoms. The third-order valence-electron chi connectivity index (χ3n) is 3.77. The Morgan fingerprint density at radius 2 is 2.00 bits per heavy atom. The number of urea groups is 1. The standard InChI is InChI=1S/C17H24N6O3S/c1-9(2)14(15(24)20-16(18)25)27-17-22-21-13(23(17)19)8-26-12-6-5-10(3)7-11(12)4/h5-7,9,14H,8,19H2,1-4H3,(H3,18,20,24,25)/t14-/m0/s1. The summed E-state index contributed by atoms with van der Waals surface area (Å²) in [4.78, 5) is 23.1. The zero-order valence-corrected chi connectivity index (χ0v) is 16.5. The lowest BCUT2D eigenvalue weighted by Gasteiger charge is -2.18. The maximum absolute atomic E-state index is 12.1. The monoisotopic (exact) mass is 392 g/mol. The van der Waals surface area contributed by atoms with E-state index in [0.717, 1.165) is 28.6 Å². The largest absolute Gasteiger partial charge is 0.485 e. The molecule has 0 radical (unpaired) electrons. The van der Waals surface area contributed by atoms with E-state index in [1.807, 2.05) is 45.9 Å². The zero-order chi connectivity index (χ0) is 20.1. The summed E-state index contributed by atoms with van der Waals surface area (Å²) in [5, 5.41) is 9.88. The molecular weight excluding hydrogens is 368 g/mol. The lowest BCUT2D eigenvalue weighted by Crippen LogP contribution is -2.42. The summed E-state index contributed by atoms with van der Waals surface area (Å²) in [6.07, 6.45) is 0. The normalized spacial score (nSPS) is 12.0. The molecule has 0 unspecified atom stereocenters. The molecule has 2 rings (SSSR count). The first-order valence-corrected chi connectivity index (χ1v) is 9.23. The molecule has 0 aliphatic carbocycles.